The molecule has 2 rings (SSSR count). The van der Waals surface area contributed by atoms with Crippen molar-refractivity contribution in [2.24, 2.45) is 0 Å². The van der Waals surface area contributed by atoms with E-state index in [1.807, 2.05) is 4.90 Å². The number of carboxylic acids is 1. The quantitative estimate of drug-likeness (QED) is 0.844. The average molecular weight is 302 g/mol. The second kappa shape index (κ2) is 4.97. The molecule has 0 aliphatic carbocycles. The number of piperidine rings is 1. The van der Waals surface area contributed by atoms with Crippen LogP contribution in [0.3, 0.4) is 0 Å². The van der Waals surface area contributed by atoms with Gasteiger partial charge < -0.3 is 15.1 Å². The van der Waals surface area contributed by atoms with Crippen LogP contribution in [0.2, 0.25) is 0 Å². The highest BCUT2D eigenvalue weighted by Crippen LogP contribution is 2.20. The van der Waals surface area contributed by atoms with Crippen LogP contribution in [0.4, 0.5) is 5.95 Å². The van der Waals surface area contributed by atoms with Gasteiger partial charge in [-0.3, -0.25) is 0 Å². The first-order valence-corrected chi connectivity index (χ1v) is 6.06. The third kappa shape index (κ3) is 2.73. The van der Waals surface area contributed by atoms with Gasteiger partial charge in [-0.2, -0.15) is 0 Å². The van der Waals surface area contributed by atoms with E-state index in [1.165, 1.54) is 6.20 Å². The largest absolute Gasteiger partial charge is 0.476 e. The van der Waals surface area contributed by atoms with Gasteiger partial charge in [-0.15, -0.1) is 0 Å². The number of anilines is 1. The van der Waals surface area contributed by atoms with Gasteiger partial charge in [-0.25, -0.2) is 14.8 Å². The fraction of sp³-hybridized carbons (Fsp3) is 0.500. The van der Waals surface area contributed by atoms with Crippen molar-refractivity contribution in [3.05, 3.63) is 16.4 Å². The molecule has 0 atom stereocenters. The highest BCUT2D eigenvalue weighted by Gasteiger charge is 2.21. The van der Waals surface area contributed by atoms with E-state index in [9.17, 15) is 9.90 Å². The summed E-state index contributed by atoms with van der Waals surface area (Å²) in [6, 6.07) is 0. The zero-order valence-electron chi connectivity index (χ0n) is 9.01. The van der Waals surface area contributed by atoms with Crippen LogP contribution < -0.4 is 4.90 Å². The Morgan fingerprint density at radius 2 is 2.12 bits per heavy atom. The number of aliphatic hydroxyl groups is 1. The number of carboxylic acid groups (broad SMARTS) is 1. The third-order valence-corrected chi connectivity index (χ3v) is 3.26. The summed E-state index contributed by atoms with van der Waals surface area (Å²) in [5, 5.41) is 18.3. The maximum atomic E-state index is 10.9. The van der Waals surface area contributed by atoms with E-state index in [1.54, 1.807) is 0 Å². The molecule has 0 saturated carbocycles. The molecule has 1 aliphatic rings. The van der Waals surface area contributed by atoms with Crippen LogP contribution in [0.5, 0.6) is 0 Å². The molecule has 0 unspecified atom stereocenters. The molecular weight excluding hydrogens is 290 g/mol. The molecule has 2 heterocycles. The minimum atomic E-state index is -1.09. The first kappa shape index (κ1) is 12.3. The van der Waals surface area contributed by atoms with Crippen molar-refractivity contribution in [2.75, 3.05) is 18.0 Å². The first-order chi connectivity index (χ1) is 8.08. The predicted molar refractivity (Wildman–Crippen MR) is 64.1 cm³/mol. The fourth-order valence-electron chi connectivity index (χ4n) is 1.73. The monoisotopic (exact) mass is 301 g/mol. The molecule has 1 aromatic rings. The number of hydrogen-bond acceptors (Lipinski definition) is 5. The molecule has 7 heteroatoms. The van der Waals surface area contributed by atoms with E-state index in [4.69, 9.17) is 5.11 Å². The maximum Gasteiger partial charge on any atom is 0.355 e. The van der Waals surface area contributed by atoms with Gasteiger partial charge in [0.2, 0.25) is 5.95 Å². The molecule has 1 saturated heterocycles. The second-order valence-corrected chi connectivity index (χ2v) is 4.74. The molecule has 6 nitrogen and oxygen atoms in total. The summed E-state index contributed by atoms with van der Waals surface area (Å²) in [4.78, 5) is 20.9. The van der Waals surface area contributed by atoms with Crippen molar-refractivity contribution in [1.29, 1.82) is 0 Å². The number of rotatable bonds is 2. The Kier molecular flexibility index (Phi) is 3.58. The van der Waals surface area contributed by atoms with Gasteiger partial charge in [-0.05, 0) is 28.8 Å². The summed E-state index contributed by atoms with van der Waals surface area (Å²) in [6.45, 7) is 1.28. The Morgan fingerprint density at radius 3 is 2.71 bits per heavy atom. The normalized spacial score (nSPS) is 17.2. The summed E-state index contributed by atoms with van der Waals surface area (Å²) in [5.41, 5.74) is -0.0406. The molecule has 1 fully saturated rings. The number of aromatic carboxylic acids is 1. The molecule has 0 aromatic carbocycles. The van der Waals surface area contributed by atoms with E-state index in [0.29, 0.717) is 36.4 Å². The predicted octanol–water partition coefficient (Wildman–Crippen LogP) is 0.898. The number of halogens is 1. The summed E-state index contributed by atoms with van der Waals surface area (Å²) in [7, 11) is 0. The van der Waals surface area contributed by atoms with Gasteiger partial charge in [-0.1, -0.05) is 0 Å². The fourth-order valence-corrected chi connectivity index (χ4v) is 2.09. The molecule has 0 amide bonds. The number of hydrogen-bond donors (Lipinski definition) is 2. The molecule has 0 spiro atoms. The standard InChI is InChI=1S/C10H12BrN3O3/c11-7-5-12-10(13-8(7)9(16)17)14-3-1-6(15)2-4-14/h5-6,15H,1-4H2,(H,16,17). The molecule has 92 valence electrons. The Balaban J connectivity index is 2.21. The van der Waals surface area contributed by atoms with Crippen LogP contribution in [0.15, 0.2) is 10.7 Å². The van der Waals surface area contributed by atoms with Crippen molar-refractivity contribution in [2.45, 2.75) is 18.9 Å². The highest BCUT2D eigenvalue weighted by atomic mass is 79.9. The summed E-state index contributed by atoms with van der Waals surface area (Å²) in [5.74, 6) is -0.685. The van der Waals surface area contributed by atoms with Gasteiger partial charge >= 0.3 is 5.97 Å². The Labute approximate surface area is 106 Å². The van der Waals surface area contributed by atoms with Crippen LogP contribution in [-0.4, -0.2) is 45.3 Å². The topological polar surface area (TPSA) is 86.5 Å². The lowest BCUT2D eigenvalue weighted by molar-refractivity contribution is 0.0689. The van der Waals surface area contributed by atoms with Gasteiger partial charge in [0.25, 0.3) is 0 Å². The van der Waals surface area contributed by atoms with Gasteiger partial charge in [0.05, 0.1) is 10.6 Å². The van der Waals surface area contributed by atoms with Crippen molar-refractivity contribution >= 4 is 27.8 Å². The third-order valence-electron chi connectivity index (χ3n) is 2.68. The molecule has 17 heavy (non-hydrogen) atoms. The number of aliphatic hydroxyl groups excluding tert-OH is 1. The van der Waals surface area contributed by atoms with E-state index in [0.717, 1.165) is 0 Å². The summed E-state index contributed by atoms with van der Waals surface area (Å²) >= 11 is 3.10. The van der Waals surface area contributed by atoms with E-state index < -0.39 is 5.97 Å². The zero-order chi connectivity index (χ0) is 12.4. The smallest absolute Gasteiger partial charge is 0.355 e. The molecule has 2 N–H and O–H groups in total. The van der Waals surface area contributed by atoms with Crippen molar-refractivity contribution in [3.8, 4) is 0 Å². The molecular formula is C10H12BrN3O3. The number of aromatic nitrogens is 2. The lowest BCUT2D eigenvalue weighted by atomic mass is 10.1. The molecule has 1 aliphatic heterocycles. The first-order valence-electron chi connectivity index (χ1n) is 5.27. The van der Waals surface area contributed by atoms with Crippen LogP contribution >= 0.6 is 15.9 Å². The Morgan fingerprint density at radius 1 is 1.47 bits per heavy atom. The van der Waals surface area contributed by atoms with Crippen LogP contribution in [-0.2, 0) is 0 Å². The highest BCUT2D eigenvalue weighted by molar-refractivity contribution is 9.10. The van der Waals surface area contributed by atoms with Crippen molar-refractivity contribution in [1.82, 2.24) is 9.97 Å². The SMILES string of the molecule is O=C(O)c1nc(N2CCC(O)CC2)ncc1Br. The zero-order valence-corrected chi connectivity index (χ0v) is 10.6. The Bertz CT molecular complexity index is 433. The minimum absolute atomic E-state index is 0.0406. The summed E-state index contributed by atoms with van der Waals surface area (Å²) in [6.07, 6.45) is 2.47. The second-order valence-electron chi connectivity index (χ2n) is 3.89. The number of nitrogens with zero attached hydrogens (tertiary/aromatic N) is 3. The number of carbonyl (C=O) groups is 1. The van der Waals surface area contributed by atoms with Crippen molar-refractivity contribution in [3.63, 3.8) is 0 Å². The Hall–Kier alpha value is -1.21. The van der Waals surface area contributed by atoms with E-state index in [-0.39, 0.29) is 11.8 Å². The van der Waals surface area contributed by atoms with E-state index in [2.05, 4.69) is 25.9 Å². The lowest BCUT2D eigenvalue weighted by Gasteiger charge is -2.29. The van der Waals surface area contributed by atoms with Gasteiger partial charge in [0.15, 0.2) is 5.69 Å². The molecule has 0 bridgehead atoms. The van der Waals surface area contributed by atoms with Crippen LogP contribution in [0, 0.1) is 0 Å². The van der Waals surface area contributed by atoms with Crippen LogP contribution in [0.1, 0.15) is 23.3 Å². The lowest BCUT2D eigenvalue weighted by Crippen LogP contribution is -2.37. The maximum absolute atomic E-state index is 10.9. The summed E-state index contributed by atoms with van der Waals surface area (Å²) < 4.78 is 0.366. The average Bonchev–Trinajstić information content (AvgIpc) is 2.30. The van der Waals surface area contributed by atoms with E-state index >= 15 is 0 Å². The molecule has 1 aromatic heterocycles. The van der Waals surface area contributed by atoms with Gasteiger partial charge in [0, 0.05) is 19.3 Å². The van der Waals surface area contributed by atoms with Crippen LogP contribution in [0.25, 0.3) is 0 Å². The minimum Gasteiger partial charge on any atom is -0.476 e. The van der Waals surface area contributed by atoms with Gasteiger partial charge in [0.1, 0.15) is 0 Å². The molecule has 0 radical (unpaired) electrons. The van der Waals surface area contributed by atoms with Crippen molar-refractivity contribution < 1.29 is 15.0 Å².